The molecule has 1 N–H and O–H groups in total. The van der Waals surface area contributed by atoms with E-state index in [0.717, 1.165) is 25.7 Å². The minimum atomic E-state index is -0.475. The Hall–Kier alpha value is -1.26. The van der Waals surface area contributed by atoms with Crippen molar-refractivity contribution in [2.45, 2.75) is 64.0 Å². The standard InChI is InChI=1S/C14H24N2O3/c1-13(2,3)19-12(18)16-9-5-8-14(10-16)7-4-6-11(17)15-14/h4-10H2,1-3H3,(H,15,17). The minimum Gasteiger partial charge on any atom is -0.444 e. The molecule has 1 atom stereocenters. The summed E-state index contributed by atoms with van der Waals surface area (Å²) in [4.78, 5) is 25.4. The fraction of sp³-hybridized carbons (Fsp3) is 0.857. The van der Waals surface area contributed by atoms with Crippen LogP contribution >= 0.6 is 0 Å². The number of hydrogen-bond donors (Lipinski definition) is 1. The van der Waals surface area contributed by atoms with Crippen LogP contribution in [0.3, 0.4) is 0 Å². The molecule has 0 bridgehead atoms. The highest BCUT2D eigenvalue weighted by Gasteiger charge is 2.41. The second-order valence-electron chi connectivity index (χ2n) is 6.69. The van der Waals surface area contributed by atoms with Gasteiger partial charge in [-0.05, 0) is 46.5 Å². The molecule has 0 radical (unpaired) electrons. The van der Waals surface area contributed by atoms with Crippen molar-refractivity contribution in [1.29, 1.82) is 0 Å². The first-order chi connectivity index (χ1) is 8.80. The normalized spacial score (nSPS) is 28.2. The Kier molecular flexibility index (Phi) is 3.74. The summed E-state index contributed by atoms with van der Waals surface area (Å²) < 4.78 is 5.41. The zero-order valence-electron chi connectivity index (χ0n) is 12.1. The minimum absolute atomic E-state index is 0.109. The molecular weight excluding hydrogens is 244 g/mol. The van der Waals surface area contributed by atoms with Gasteiger partial charge in [0, 0.05) is 19.5 Å². The monoisotopic (exact) mass is 268 g/mol. The summed E-state index contributed by atoms with van der Waals surface area (Å²) in [5.41, 5.74) is -0.692. The number of carbonyl (C=O) groups excluding carboxylic acids is 2. The molecule has 2 aliphatic heterocycles. The highest BCUT2D eigenvalue weighted by molar-refractivity contribution is 5.78. The van der Waals surface area contributed by atoms with Gasteiger partial charge in [0.15, 0.2) is 0 Å². The zero-order valence-corrected chi connectivity index (χ0v) is 12.1. The third-order valence-corrected chi connectivity index (χ3v) is 3.69. The molecule has 1 unspecified atom stereocenters. The van der Waals surface area contributed by atoms with Crippen LogP contribution in [-0.2, 0) is 9.53 Å². The van der Waals surface area contributed by atoms with Gasteiger partial charge in [0.05, 0.1) is 5.54 Å². The first-order valence-corrected chi connectivity index (χ1v) is 7.09. The molecule has 108 valence electrons. The lowest BCUT2D eigenvalue weighted by Crippen LogP contribution is -2.61. The summed E-state index contributed by atoms with van der Waals surface area (Å²) in [6.45, 7) is 6.90. The van der Waals surface area contributed by atoms with Gasteiger partial charge < -0.3 is 15.0 Å². The van der Waals surface area contributed by atoms with Crippen molar-refractivity contribution in [3.8, 4) is 0 Å². The Labute approximate surface area is 114 Å². The van der Waals surface area contributed by atoms with Crippen molar-refractivity contribution in [3.05, 3.63) is 0 Å². The van der Waals surface area contributed by atoms with E-state index in [-0.39, 0.29) is 17.5 Å². The summed E-state index contributed by atoms with van der Waals surface area (Å²) in [5, 5.41) is 3.09. The van der Waals surface area contributed by atoms with E-state index in [9.17, 15) is 9.59 Å². The van der Waals surface area contributed by atoms with E-state index in [0.29, 0.717) is 19.5 Å². The van der Waals surface area contributed by atoms with E-state index >= 15 is 0 Å². The quantitative estimate of drug-likeness (QED) is 0.731. The maximum atomic E-state index is 12.1. The van der Waals surface area contributed by atoms with Gasteiger partial charge in [-0.1, -0.05) is 0 Å². The topological polar surface area (TPSA) is 58.6 Å². The molecule has 2 saturated heterocycles. The van der Waals surface area contributed by atoms with E-state index < -0.39 is 5.60 Å². The van der Waals surface area contributed by atoms with Gasteiger partial charge >= 0.3 is 6.09 Å². The van der Waals surface area contributed by atoms with Gasteiger partial charge in [0.1, 0.15) is 5.60 Å². The molecule has 5 heteroatoms. The molecule has 1 spiro atoms. The third kappa shape index (κ3) is 3.61. The molecule has 0 aromatic heterocycles. The average molecular weight is 268 g/mol. The molecule has 0 saturated carbocycles. The number of nitrogens with zero attached hydrogens (tertiary/aromatic N) is 1. The Balaban J connectivity index is 2.00. The van der Waals surface area contributed by atoms with Crippen molar-refractivity contribution < 1.29 is 14.3 Å². The predicted molar refractivity (Wildman–Crippen MR) is 71.8 cm³/mol. The van der Waals surface area contributed by atoms with Gasteiger partial charge in [0.2, 0.25) is 5.91 Å². The van der Waals surface area contributed by atoms with Crippen LogP contribution in [0.2, 0.25) is 0 Å². The van der Waals surface area contributed by atoms with Crippen molar-refractivity contribution in [1.82, 2.24) is 10.2 Å². The van der Waals surface area contributed by atoms with Crippen LogP contribution in [-0.4, -0.2) is 41.1 Å². The number of hydrogen-bond acceptors (Lipinski definition) is 3. The summed E-state index contributed by atoms with van der Waals surface area (Å²) in [5.74, 6) is 0.109. The van der Waals surface area contributed by atoms with Gasteiger partial charge in [-0.3, -0.25) is 4.79 Å². The Morgan fingerprint density at radius 1 is 1.32 bits per heavy atom. The van der Waals surface area contributed by atoms with Crippen LogP contribution in [0.5, 0.6) is 0 Å². The molecule has 0 aromatic carbocycles. The molecule has 2 heterocycles. The molecule has 0 aliphatic carbocycles. The van der Waals surface area contributed by atoms with Crippen LogP contribution < -0.4 is 5.32 Å². The lowest BCUT2D eigenvalue weighted by Gasteiger charge is -2.45. The SMILES string of the molecule is CC(C)(C)OC(=O)N1CCCC2(CCCC(=O)N2)C1. The highest BCUT2D eigenvalue weighted by Crippen LogP contribution is 2.30. The van der Waals surface area contributed by atoms with E-state index in [4.69, 9.17) is 4.74 Å². The van der Waals surface area contributed by atoms with Gasteiger partial charge in [-0.15, -0.1) is 0 Å². The molecule has 0 aromatic rings. The van der Waals surface area contributed by atoms with Crippen LogP contribution in [0.25, 0.3) is 0 Å². The van der Waals surface area contributed by atoms with Crippen LogP contribution in [0.1, 0.15) is 52.9 Å². The number of nitrogens with one attached hydrogen (secondary N) is 1. The molecule has 2 fully saturated rings. The van der Waals surface area contributed by atoms with E-state index in [2.05, 4.69) is 5.32 Å². The molecule has 2 aliphatic rings. The number of amides is 2. The number of rotatable bonds is 0. The first kappa shape index (κ1) is 14.2. The lowest BCUT2D eigenvalue weighted by atomic mass is 9.81. The molecular formula is C14H24N2O3. The summed E-state index contributed by atoms with van der Waals surface area (Å²) in [7, 11) is 0. The maximum Gasteiger partial charge on any atom is 0.410 e. The summed E-state index contributed by atoms with van der Waals surface area (Å²) >= 11 is 0. The van der Waals surface area contributed by atoms with Gasteiger partial charge in [0.25, 0.3) is 0 Å². The Morgan fingerprint density at radius 3 is 2.63 bits per heavy atom. The van der Waals surface area contributed by atoms with Crippen molar-refractivity contribution in [3.63, 3.8) is 0 Å². The van der Waals surface area contributed by atoms with Crippen LogP contribution in [0.15, 0.2) is 0 Å². The lowest BCUT2D eigenvalue weighted by molar-refractivity contribution is -0.126. The largest absolute Gasteiger partial charge is 0.444 e. The number of carbonyl (C=O) groups is 2. The average Bonchev–Trinajstić information content (AvgIpc) is 2.26. The van der Waals surface area contributed by atoms with Gasteiger partial charge in [-0.25, -0.2) is 4.79 Å². The number of piperidine rings is 2. The maximum absolute atomic E-state index is 12.1. The molecule has 2 amide bonds. The second kappa shape index (κ2) is 5.02. The van der Waals surface area contributed by atoms with Crippen molar-refractivity contribution in [2.24, 2.45) is 0 Å². The number of ether oxygens (including phenoxy) is 1. The second-order valence-corrected chi connectivity index (χ2v) is 6.69. The first-order valence-electron chi connectivity index (χ1n) is 7.09. The zero-order chi connectivity index (χ0) is 14.1. The van der Waals surface area contributed by atoms with Crippen LogP contribution in [0, 0.1) is 0 Å². The molecule has 5 nitrogen and oxygen atoms in total. The Morgan fingerprint density at radius 2 is 2.00 bits per heavy atom. The van der Waals surface area contributed by atoms with E-state index in [1.807, 2.05) is 20.8 Å². The van der Waals surface area contributed by atoms with E-state index in [1.54, 1.807) is 4.90 Å². The molecule has 19 heavy (non-hydrogen) atoms. The molecule has 2 rings (SSSR count). The van der Waals surface area contributed by atoms with Gasteiger partial charge in [-0.2, -0.15) is 0 Å². The number of likely N-dealkylation sites (tertiary alicyclic amines) is 1. The smallest absolute Gasteiger partial charge is 0.410 e. The van der Waals surface area contributed by atoms with Crippen LogP contribution in [0.4, 0.5) is 4.79 Å². The predicted octanol–water partition coefficient (Wildman–Crippen LogP) is 2.06. The highest BCUT2D eigenvalue weighted by atomic mass is 16.6. The van der Waals surface area contributed by atoms with E-state index in [1.165, 1.54) is 0 Å². The summed E-state index contributed by atoms with van der Waals surface area (Å²) in [6, 6.07) is 0. The van der Waals surface area contributed by atoms with Crippen molar-refractivity contribution >= 4 is 12.0 Å². The van der Waals surface area contributed by atoms with Crippen molar-refractivity contribution in [2.75, 3.05) is 13.1 Å². The third-order valence-electron chi connectivity index (χ3n) is 3.69. The fourth-order valence-corrected chi connectivity index (χ4v) is 2.93. The summed E-state index contributed by atoms with van der Waals surface area (Å²) in [6.07, 6.45) is 4.07. The Bertz CT molecular complexity index is 371. The fourth-order valence-electron chi connectivity index (χ4n) is 2.93.